The molecule has 1 heterocycles. The number of benzene rings is 2. The Morgan fingerprint density at radius 3 is 2.64 bits per heavy atom. The van der Waals surface area contributed by atoms with Crippen LogP contribution in [0.25, 0.3) is 11.0 Å². The highest BCUT2D eigenvalue weighted by Crippen LogP contribution is 2.28. The van der Waals surface area contributed by atoms with Gasteiger partial charge in [-0.2, -0.15) is 0 Å². The van der Waals surface area contributed by atoms with Gasteiger partial charge in [0.05, 0.1) is 0 Å². The molecule has 0 bridgehead atoms. The zero-order chi connectivity index (χ0) is 20.3. The van der Waals surface area contributed by atoms with Crippen molar-refractivity contribution < 1.29 is 23.5 Å². The Bertz CT molecular complexity index is 1120. The van der Waals surface area contributed by atoms with Crippen LogP contribution in [0.4, 0.5) is 0 Å². The van der Waals surface area contributed by atoms with Gasteiger partial charge < -0.3 is 19.6 Å². The van der Waals surface area contributed by atoms with Gasteiger partial charge in [-0.3, -0.25) is 4.79 Å². The number of fused-ring (bicyclic) bond motifs is 1. The fraction of sp³-hybridized carbons (Fsp3) is 0.190. The summed E-state index contributed by atoms with van der Waals surface area (Å²) in [5, 5.41) is 0.788. The summed E-state index contributed by atoms with van der Waals surface area (Å²) in [5.74, 6) is -0.588. The fourth-order valence-electron chi connectivity index (χ4n) is 2.80. The third-order valence-electron chi connectivity index (χ3n) is 4.21. The second-order valence-electron chi connectivity index (χ2n) is 6.21. The third-order valence-corrected chi connectivity index (χ3v) is 4.21. The van der Waals surface area contributed by atoms with Crippen LogP contribution in [-0.2, 0) is 11.2 Å². The van der Waals surface area contributed by atoms with E-state index in [0.717, 1.165) is 16.5 Å². The number of hydrogen-bond donors (Lipinski definition) is 1. The SMILES string of the molecule is CCc1cc2c(C)cc(=O)oc2cc1OC(=O)COc1cccc(C(N)=O)c1. The lowest BCUT2D eigenvalue weighted by Crippen LogP contribution is -2.19. The summed E-state index contributed by atoms with van der Waals surface area (Å²) in [6, 6.07) is 11.0. The molecule has 7 heteroatoms. The Morgan fingerprint density at radius 1 is 1.14 bits per heavy atom. The molecule has 1 aromatic heterocycles. The van der Waals surface area contributed by atoms with Crippen LogP contribution in [0.2, 0.25) is 0 Å². The third kappa shape index (κ3) is 4.20. The first-order valence-corrected chi connectivity index (χ1v) is 8.68. The lowest BCUT2D eigenvalue weighted by atomic mass is 10.1. The monoisotopic (exact) mass is 381 g/mol. The van der Waals surface area contributed by atoms with Crippen molar-refractivity contribution >= 4 is 22.8 Å². The van der Waals surface area contributed by atoms with Crippen LogP contribution in [0.5, 0.6) is 11.5 Å². The van der Waals surface area contributed by atoms with E-state index in [1.54, 1.807) is 18.2 Å². The van der Waals surface area contributed by atoms with Crippen molar-refractivity contribution in [3.63, 3.8) is 0 Å². The second-order valence-corrected chi connectivity index (χ2v) is 6.21. The number of primary amides is 1. The number of ether oxygens (including phenoxy) is 2. The van der Waals surface area contributed by atoms with Crippen molar-refractivity contribution in [1.29, 1.82) is 0 Å². The minimum Gasteiger partial charge on any atom is -0.482 e. The maximum Gasteiger partial charge on any atom is 0.349 e. The van der Waals surface area contributed by atoms with E-state index >= 15 is 0 Å². The van der Waals surface area contributed by atoms with Gasteiger partial charge in [0.25, 0.3) is 0 Å². The number of carbonyl (C=O) groups excluding carboxylic acids is 2. The van der Waals surface area contributed by atoms with Gasteiger partial charge in [0.2, 0.25) is 5.91 Å². The largest absolute Gasteiger partial charge is 0.482 e. The maximum atomic E-state index is 12.2. The average molecular weight is 381 g/mol. The van der Waals surface area contributed by atoms with Crippen molar-refractivity contribution in [1.82, 2.24) is 0 Å². The fourth-order valence-corrected chi connectivity index (χ4v) is 2.80. The molecule has 0 unspecified atom stereocenters. The van der Waals surface area contributed by atoms with Crippen LogP contribution in [0.3, 0.4) is 0 Å². The van der Waals surface area contributed by atoms with E-state index in [-0.39, 0.29) is 12.2 Å². The van der Waals surface area contributed by atoms with E-state index in [4.69, 9.17) is 19.6 Å². The topological polar surface area (TPSA) is 109 Å². The molecule has 0 aliphatic carbocycles. The van der Waals surface area contributed by atoms with Crippen molar-refractivity contribution in [3.8, 4) is 11.5 Å². The number of carbonyl (C=O) groups is 2. The molecule has 7 nitrogen and oxygen atoms in total. The molecule has 28 heavy (non-hydrogen) atoms. The number of aryl methyl sites for hydroxylation is 2. The van der Waals surface area contributed by atoms with Crippen LogP contribution < -0.4 is 20.8 Å². The van der Waals surface area contributed by atoms with Crippen LogP contribution in [0.1, 0.15) is 28.4 Å². The Balaban J connectivity index is 1.78. The van der Waals surface area contributed by atoms with Crippen molar-refractivity contribution in [3.05, 3.63) is 69.6 Å². The first-order valence-electron chi connectivity index (χ1n) is 8.68. The summed E-state index contributed by atoms with van der Waals surface area (Å²) >= 11 is 0. The van der Waals surface area contributed by atoms with Crippen LogP contribution >= 0.6 is 0 Å². The highest BCUT2D eigenvalue weighted by Gasteiger charge is 2.14. The van der Waals surface area contributed by atoms with Crippen molar-refractivity contribution in [2.24, 2.45) is 5.73 Å². The normalized spacial score (nSPS) is 10.6. The first-order chi connectivity index (χ1) is 13.4. The smallest absolute Gasteiger partial charge is 0.349 e. The predicted octanol–water partition coefficient (Wildman–Crippen LogP) is 2.75. The summed E-state index contributed by atoms with van der Waals surface area (Å²) in [6.07, 6.45) is 0.624. The lowest BCUT2D eigenvalue weighted by Gasteiger charge is -2.12. The molecule has 3 rings (SSSR count). The van der Waals surface area contributed by atoms with E-state index in [1.165, 1.54) is 18.2 Å². The summed E-state index contributed by atoms with van der Waals surface area (Å²) in [5.41, 5.74) is 6.97. The van der Waals surface area contributed by atoms with Crippen molar-refractivity contribution in [2.75, 3.05) is 6.61 Å². The predicted molar refractivity (Wildman–Crippen MR) is 103 cm³/mol. The molecule has 2 N–H and O–H groups in total. The Kier molecular flexibility index (Phi) is 5.44. The van der Waals surface area contributed by atoms with Gasteiger partial charge in [0.15, 0.2) is 6.61 Å². The molecule has 0 aliphatic rings. The zero-order valence-electron chi connectivity index (χ0n) is 15.5. The van der Waals surface area contributed by atoms with Gasteiger partial charge >= 0.3 is 11.6 Å². The van der Waals surface area contributed by atoms with Crippen LogP contribution in [0, 0.1) is 6.92 Å². The Morgan fingerprint density at radius 2 is 1.93 bits per heavy atom. The molecule has 0 fully saturated rings. The van der Waals surface area contributed by atoms with Crippen LogP contribution in [0.15, 0.2) is 51.7 Å². The van der Waals surface area contributed by atoms with Gasteiger partial charge in [-0.05, 0) is 48.7 Å². The molecule has 0 aliphatic heterocycles. The summed E-state index contributed by atoms with van der Waals surface area (Å²) in [4.78, 5) is 35.0. The van der Waals surface area contributed by atoms with Gasteiger partial charge in [0, 0.05) is 23.1 Å². The molecular weight excluding hydrogens is 362 g/mol. The van der Waals surface area contributed by atoms with E-state index < -0.39 is 17.5 Å². The Hall–Kier alpha value is -3.61. The highest BCUT2D eigenvalue weighted by molar-refractivity contribution is 5.93. The number of esters is 1. The summed E-state index contributed by atoms with van der Waals surface area (Å²) in [7, 11) is 0. The minimum atomic E-state index is -0.631. The lowest BCUT2D eigenvalue weighted by molar-refractivity contribution is -0.136. The number of rotatable bonds is 6. The molecule has 144 valence electrons. The quantitative estimate of drug-likeness (QED) is 0.399. The average Bonchev–Trinajstić information content (AvgIpc) is 2.66. The number of nitrogens with two attached hydrogens (primary N) is 1. The van der Waals surface area contributed by atoms with Gasteiger partial charge in [0.1, 0.15) is 17.1 Å². The summed E-state index contributed by atoms with van der Waals surface area (Å²) in [6.45, 7) is 3.39. The molecule has 0 spiro atoms. The molecule has 0 radical (unpaired) electrons. The summed E-state index contributed by atoms with van der Waals surface area (Å²) < 4.78 is 16.0. The van der Waals surface area contributed by atoms with Gasteiger partial charge in [-0.15, -0.1) is 0 Å². The Labute approximate surface area is 160 Å². The van der Waals surface area contributed by atoms with E-state index in [1.807, 2.05) is 19.9 Å². The first kappa shape index (κ1) is 19.2. The van der Waals surface area contributed by atoms with E-state index in [2.05, 4.69) is 0 Å². The number of hydrogen-bond acceptors (Lipinski definition) is 6. The van der Waals surface area contributed by atoms with E-state index in [0.29, 0.717) is 23.5 Å². The van der Waals surface area contributed by atoms with E-state index in [9.17, 15) is 14.4 Å². The standard InChI is InChI=1S/C21H19NO6/c1-3-13-9-16-12(2)7-19(23)28-18(16)10-17(13)27-20(24)11-26-15-6-4-5-14(8-15)21(22)25/h4-10H,3,11H2,1-2H3,(H2,22,25). The molecule has 0 saturated carbocycles. The molecule has 1 amide bonds. The van der Waals surface area contributed by atoms with Crippen molar-refractivity contribution in [2.45, 2.75) is 20.3 Å². The van der Waals surface area contributed by atoms with Gasteiger partial charge in [-0.1, -0.05) is 13.0 Å². The molecule has 2 aromatic carbocycles. The molecule has 0 atom stereocenters. The van der Waals surface area contributed by atoms with Crippen LogP contribution in [-0.4, -0.2) is 18.5 Å². The second kappa shape index (κ2) is 7.96. The maximum absolute atomic E-state index is 12.2. The minimum absolute atomic E-state index is 0.277. The number of amides is 1. The van der Waals surface area contributed by atoms with Gasteiger partial charge in [-0.25, -0.2) is 9.59 Å². The molecular formula is C21H19NO6. The molecule has 0 saturated heterocycles. The zero-order valence-corrected chi connectivity index (χ0v) is 15.5. The molecule has 3 aromatic rings. The highest BCUT2D eigenvalue weighted by atomic mass is 16.6.